The summed E-state index contributed by atoms with van der Waals surface area (Å²) in [7, 11) is 0. The molecular weight excluding hydrogens is 400 g/mol. The zero-order valence-corrected chi connectivity index (χ0v) is 18.6. The monoisotopic (exact) mass is 434 g/mol. The summed E-state index contributed by atoms with van der Waals surface area (Å²) in [5, 5.41) is 16.7. The molecule has 1 aromatic carbocycles. The number of carbonyl (C=O) groups is 4. The van der Waals surface area contributed by atoms with Crippen molar-refractivity contribution in [2.75, 3.05) is 6.54 Å². The van der Waals surface area contributed by atoms with Crippen molar-refractivity contribution in [3.8, 4) is 0 Å². The standard InChI is InChI=1S/C22H34N4O5/c1-5-14(4)18(23)21(29)25-16(11-15-9-7-6-8-10-15)20(28)24-12-17(27)26-19(13(2)3)22(30)31/h6-10,13-14,16,18-19H,5,11-12,23H2,1-4H3,(H,24,28)(H,25,29)(H,26,27)(H,30,31). The highest BCUT2D eigenvalue weighted by Gasteiger charge is 2.27. The first kappa shape index (κ1) is 26.1. The Hall–Kier alpha value is -2.94. The van der Waals surface area contributed by atoms with E-state index >= 15 is 0 Å². The van der Waals surface area contributed by atoms with Gasteiger partial charge in [0, 0.05) is 6.42 Å². The van der Waals surface area contributed by atoms with Crippen LogP contribution in [-0.2, 0) is 25.6 Å². The lowest BCUT2D eigenvalue weighted by molar-refractivity contribution is -0.143. The number of rotatable bonds is 12. The number of nitrogens with one attached hydrogen (secondary N) is 3. The van der Waals surface area contributed by atoms with Gasteiger partial charge < -0.3 is 26.8 Å². The van der Waals surface area contributed by atoms with Crippen LogP contribution in [0.3, 0.4) is 0 Å². The number of carboxylic acid groups (broad SMARTS) is 1. The van der Waals surface area contributed by atoms with E-state index in [1.165, 1.54) is 0 Å². The Bertz CT molecular complexity index is 754. The van der Waals surface area contributed by atoms with E-state index in [1.807, 2.05) is 44.2 Å². The van der Waals surface area contributed by atoms with E-state index < -0.39 is 48.4 Å². The summed E-state index contributed by atoms with van der Waals surface area (Å²) in [6.45, 7) is 6.71. The number of amides is 3. The molecule has 3 amide bonds. The minimum atomic E-state index is -1.15. The van der Waals surface area contributed by atoms with Crippen molar-refractivity contribution >= 4 is 23.7 Å². The van der Waals surface area contributed by atoms with Crippen molar-refractivity contribution in [3.63, 3.8) is 0 Å². The van der Waals surface area contributed by atoms with E-state index in [2.05, 4.69) is 16.0 Å². The van der Waals surface area contributed by atoms with E-state index in [9.17, 15) is 24.3 Å². The van der Waals surface area contributed by atoms with Gasteiger partial charge in [0.25, 0.3) is 0 Å². The number of carbonyl (C=O) groups excluding carboxylic acids is 3. The largest absolute Gasteiger partial charge is 0.480 e. The number of benzene rings is 1. The molecule has 31 heavy (non-hydrogen) atoms. The third kappa shape index (κ3) is 8.75. The fraction of sp³-hybridized carbons (Fsp3) is 0.545. The molecule has 4 atom stereocenters. The van der Waals surface area contributed by atoms with Gasteiger partial charge in [0.05, 0.1) is 12.6 Å². The zero-order chi connectivity index (χ0) is 23.6. The van der Waals surface area contributed by atoms with Crippen LogP contribution in [0.5, 0.6) is 0 Å². The fourth-order valence-corrected chi connectivity index (χ4v) is 2.87. The second kappa shape index (κ2) is 12.7. The molecular formula is C22H34N4O5. The van der Waals surface area contributed by atoms with Crippen LogP contribution in [0.15, 0.2) is 30.3 Å². The molecule has 0 saturated heterocycles. The Morgan fingerprint density at radius 2 is 1.61 bits per heavy atom. The van der Waals surface area contributed by atoms with Gasteiger partial charge in [-0.2, -0.15) is 0 Å². The molecule has 0 fully saturated rings. The van der Waals surface area contributed by atoms with Crippen molar-refractivity contribution in [1.82, 2.24) is 16.0 Å². The second-order valence-corrected chi connectivity index (χ2v) is 8.01. The molecule has 1 rings (SSSR count). The van der Waals surface area contributed by atoms with E-state index in [0.29, 0.717) is 6.42 Å². The van der Waals surface area contributed by atoms with E-state index in [-0.39, 0.29) is 18.3 Å². The van der Waals surface area contributed by atoms with Gasteiger partial charge >= 0.3 is 5.97 Å². The highest BCUT2D eigenvalue weighted by Crippen LogP contribution is 2.08. The normalized spacial score (nSPS) is 14.8. The molecule has 1 aromatic rings. The van der Waals surface area contributed by atoms with Crippen molar-refractivity contribution in [2.45, 2.75) is 58.7 Å². The summed E-state index contributed by atoms with van der Waals surface area (Å²) >= 11 is 0. The Labute approximate surface area is 183 Å². The maximum Gasteiger partial charge on any atom is 0.326 e. The van der Waals surface area contributed by atoms with Crippen LogP contribution in [0.25, 0.3) is 0 Å². The van der Waals surface area contributed by atoms with Crippen LogP contribution in [0, 0.1) is 11.8 Å². The Kier molecular flexibility index (Phi) is 10.7. The average Bonchev–Trinajstić information content (AvgIpc) is 2.74. The predicted octanol–water partition coefficient (Wildman–Crippen LogP) is 0.429. The van der Waals surface area contributed by atoms with Gasteiger partial charge in [-0.05, 0) is 17.4 Å². The van der Waals surface area contributed by atoms with Crippen molar-refractivity contribution < 1.29 is 24.3 Å². The van der Waals surface area contributed by atoms with Gasteiger partial charge in [0.2, 0.25) is 17.7 Å². The Morgan fingerprint density at radius 3 is 2.13 bits per heavy atom. The zero-order valence-electron chi connectivity index (χ0n) is 18.6. The van der Waals surface area contributed by atoms with Crippen molar-refractivity contribution in [2.24, 2.45) is 17.6 Å². The molecule has 0 radical (unpaired) electrons. The first-order chi connectivity index (χ1) is 14.6. The van der Waals surface area contributed by atoms with Gasteiger partial charge in [0.1, 0.15) is 12.1 Å². The highest BCUT2D eigenvalue weighted by atomic mass is 16.4. The summed E-state index contributed by atoms with van der Waals surface area (Å²) < 4.78 is 0. The van der Waals surface area contributed by atoms with Crippen LogP contribution < -0.4 is 21.7 Å². The number of hydrogen-bond donors (Lipinski definition) is 5. The number of carboxylic acids is 1. The SMILES string of the molecule is CCC(C)C(N)C(=O)NC(Cc1ccccc1)C(=O)NCC(=O)NC(C(=O)O)C(C)C. The van der Waals surface area contributed by atoms with Crippen LogP contribution >= 0.6 is 0 Å². The molecule has 0 saturated carbocycles. The van der Waals surface area contributed by atoms with Gasteiger partial charge in [-0.15, -0.1) is 0 Å². The summed E-state index contributed by atoms with van der Waals surface area (Å²) in [6.07, 6.45) is 0.932. The molecule has 0 bridgehead atoms. The lowest BCUT2D eigenvalue weighted by Crippen LogP contribution is -2.55. The van der Waals surface area contributed by atoms with Crippen LogP contribution in [0.4, 0.5) is 0 Å². The van der Waals surface area contributed by atoms with Crippen LogP contribution in [0.1, 0.15) is 39.7 Å². The summed E-state index contributed by atoms with van der Waals surface area (Å²) in [4.78, 5) is 48.6. The minimum Gasteiger partial charge on any atom is -0.480 e. The molecule has 0 heterocycles. The molecule has 4 unspecified atom stereocenters. The van der Waals surface area contributed by atoms with E-state index in [0.717, 1.165) is 5.56 Å². The first-order valence-electron chi connectivity index (χ1n) is 10.5. The number of aliphatic carboxylic acids is 1. The summed E-state index contributed by atoms with van der Waals surface area (Å²) in [5.74, 6) is -3.15. The van der Waals surface area contributed by atoms with Gasteiger partial charge in [-0.3, -0.25) is 14.4 Å². The highest BCUT2D eigenvalue weighted by molar-refractivity contribution is 5.92. The molecule has 172 valence electrons. The van der Waals surface area contributed by atoms with Crippen LogP contribution in [0.2, 0.25) is 0 Å². The minimum absolute atomic E-state index is 0.0600. The van der Waals surface area contributed by atoms with Gasteiger partial charge in [-0.1, -0.05) is 64.4 Å². The maximum absolute atomic E-state index is 12.7. The third-order valence-corrected chi connectivity index (χ3v) is 5.15. The summed E-state index contributed by atoms with van der Waals surface area (Å²) in [5.41, 5.74) is 6.81. The predicted molar refractivity (Wildman–Crippen MR) is 117 cm³/mol. The Balaban J connectivity index is 2.82. The Morgan fingerprint density at radius 1 is 1.00 bits per heavy atom. The molecule has 0 aliphatic carbocycles. The molecule has 6 N–H and O–H groups in total. The second-order valence-electron chi connectivity index (χ2n) is 8.01. The van der Waals surface area contributed by atoms with Crippen molar-refractivity contribution in [1.29, 1.82) is 0 Å². The quantitative estimate of drug-likeness (QED) is 0.322. The fourth-order valence-electron chi connectivity index (χ4n) is 2.87. The molecule has 0 aliphatic heterocycles. The first-order valence-corrected chi connectivity index (χ1v) is 10.5. The maximum atomic E-state index is 12.7. The van der Waals surface area contributed by atoms with E-state index in [1.54, 1.807) is 13.8 Å². The molecule has 0 aromatic heterocycles. The topological polar surface area (TPSA) is 151 Å². The molecule has 9 heteroatoms. The third-order valence-electron chi connectivity index (χ3n) is 5.15. The summed E-state index contributed by atoms with van der Waals surface area (Å²) in [6, 6.07) is 6.39. The lowest BCUT2D eigenvalue weighted by atomic mass is 9.98. The average molecular weight is 435 g/mol. The van der Waals surface area contributed by atoms with E-state index in [4.69, 9.17) is 5.73 Å². The van der Waals surface area contributed by atoms with Crippen LogP contribution in [-0.4, -0.2) is 53.5 Å². The molecule has 9 nitrogen and oxygen atoms in total. The number of hydrogen-bond acceptors (Lipinski definition) is 5. The molecule has 0 aliphatic rings. The lowest BCUT2D eigenvalue weighted by Gasteiger charge is -2.23. The van der Waals surface area contributed by atoms with Crippen molar-refractivity contribution in [3.05, 3.63) is 35.9 Å². The smallest absolute Gasteiger partial charge is 0.326 e. The van der Waals surface area contributed by atoms with Gasteiger partial charge in [0.15, 0.2) is 0 Å². The molecule has 0 spiro atoms. The number of nitrogens with two attached hydrogens (primary N) is 1. The van der Waals surface area contributed by atoms with Gasteiger partial charge in [-0.25, -0.2) is 4.79 Å².